The van der Waals surface area contributed by atoms with E-state index in [4.69, 9.17) is 51.1 Å². The molecule has 0 radical (unpaired) electrons. The Kier molecular flexibility index (Phi) is 6.75. The molecule has 0 saturated heterocycles. The fourth-order valence-corrected chi connectivity index (χ4v) is 2.71. The summed E-state index contributed by atoms with van der Waals surface area (Å²) in [6, 6.07) is 9.91. The maximum atomic E-state index is 12.0. The molecule has 8 heteroatoms. The topological polar surface area (TPSA) is 55.4 Å². The van der Waals surface area contributed by atoms with Gasteiger partial charge in [-0.25, -0.2) is 4.79 Å². The third-order valence-corrected chi connectivity index (χ3v) is 4.32. The van der Waals surface area contributed by atoms with Crippen molar-refractivity contribution in [1.29, 1.82) is 0 Å². The van der Waals surface area contributed by atoms with E-state index in [1.165, 1.54) is 12.1 Å². The van der Waals surface area contributed by atoms with Crippen LogP contribution in [0.25, 0.3) is 0 Å². The first kappa shape index (κ1) is 18.9. The quantitative estimate of drug-likeness (QED) is 0.574. The molecule has 1 amide bonds. The number of carbonyl (C=O) groups excluding carboxylic acids is 2. The average molecular weight is 407 g/mol. The second-order valence-electron chi connectivity index (χ2n) is 4.70. The maximum Gasteiger partial charge on any atom is 0.341 e. The highest BCUT2D eigenvalue weighted by molar-refractivity contribution is 6.46. The molecule has 0 fully saturated rings. The standard InChI is InChI=1S/C16H11Cl4NO3/c17-10-3-1-2-9(6-10)7-21-13(22)8-24-16(23)14-11(18)4-5-12(19)15(14)20/h1-6H,7-8H2,(H,21,22). The number of halogens is 4. The van der Waals surface area contributed by atoms with Gasteiger partial charge in [-0.2, -0.15) is 0 Å². The van der Waals surface area contributed by atoms with E-state index in [1.807, 2.05) is 6.07 Å². The summed E-state index contributed by atoms with van der Waals surface area (Å²) in [5, 5.41) is 3.41. The van der Waals surface area contributed by atoms with Crippen LogP contribution in [-0.4, -0.2) is 18.5 Å². The van der Waals surface area contributed by atoms with E-state index >= 15 is 0 Å². The van der Waals surface area contributed by atoms with Crippen LogP contribution in [0.4, 0.5) is 0 Å². The summed E-state index contributed by atoms with van der Waals surface area (Å²) in [7, 11) is 0. The van der Waals surface area contributed by atoms with Gasteiger partial charge in [0.25, 0.3) is 5.91 Å². The van der Waals surface area contributed by atoms with Crippen molar-refractivity contribution in [3.05, 3.63) is 67.6 Å². The summed E-state index contributed by atoms with van der Waals surface area (Å²) < 4.78 is 4.91. The number of hydrogen-bond donors (Lipinski definition) is 1. The van der Waals surface area contributed by atoms with Crippen molar-refractivity contribution < 1.29 is 14.3 Å². The highest BCUT2D eigenvalue weighted by atomic mass is 35.5. The van der Waals surface area contributed by atoms with Crippen molar-refractivity contribution in [2.24, 2.45) is 0 Å². The van der Waals surface area contributed by atoms with E-state index in [2.05, 4.69) is 5.32 Å². The third-order valence-electron chi connectivity index (χ3n) is 2.96. The number of nitrogens with one attached hydrogen (secondary N) is 1. The minimum absolute atomic E-state index is 0.0199. The molecule has 0 aromatic heterocycles. The van der Waals surface area contributed by atoms with Gasteiger partial charge in [0, 0.05) is 11.6 Å². The molecule has 0 bridgehead atoms. The smallest absolute Gasteiger partial charge is 0.341 e. The second kappa shape index (κ2) is 8.58. The van der Waals surface area contributed by atoms with Crippen LogP contribution in [0.1, 0.15) is 15.9 Å². The Bertz CT molecular complexity index is 780. The Labute approximate surface area is 158 Å². The molecule has 4 nitrogen and oxygen atoms in total. The van der Waals surface area contributed by atoms with Crippen LogP contribution in [-0.2, 0) is 16.1 Å². The zero-order valence-electron chi connectivity index (χ0n) is 12.1. The first-order chi connectivity index (χ1) is 11.4. The number of carbonyl (C=O) groups is 2. The number of esters is 1. The van der Waals surface area contributed by atoms with Gasteiger partial charge < -0.3 is 10.1 Å². The van der Waals surface area contributed by atoms with Crippen molar-refractivity contribution in [2.75, 3.05) is 6.61 Å². The predicted molar refractivity (Wildman–Crippen MR) is 95.1 cm³/mol. The first-order valence-corrected chi connectivity index (χ1v) is 8.21. The molecule has 0 heterocycles. The van der Waals surface area contributed by atoms with Gasteiger partial charge in [-0.05, 0) is 29.8 Å². The molecule has 0 saturated carbocycles. The number of amides is 1. The van der Waals surface area contributed by atoms with Crippen LogP contribution in [0.3, 0.4) is 0 Å². The Morgan fingerprint density at radius 1 is 1.00 bits per heavy atom. The third kappa shape index (κ3) is 5.02. The Balaban J connectivity index is 1.90. The zero-order chi connectivity index (χ0) is 17.7. The number of hydrogen-bond acceptors (Lipinski definition) is 3. The monoisotopic (exact) mass is 405 g/mol. The van der Waals surface area contributed by atoms with Crippen molar-refractivity contribution in [1.82, 2.24) is 5.32 Å². The van der Waals surface area contributed by atoms with E-state index in [-0.39, 0.29) is 27.2 Å². The summed E-state index contributed by atoms with van der Waals surface area (Å²) in [6.45, 7) is -0.214. The van der Waals surface area contributed by atoms with Crippen LogP contribution in [0.5, 0.6) is 0 Å². The molecule has 0 aliphatic rings. The number of rotatable bonds is 5. The van der Waals surface area contributed by atoms with Gasteiger partial charge in [0.2, 0.25) is 0 Å². The molecule has 2 aromatic carbocycles. The van der Waals surface area contributed by atoms with Crippen molar-refractivity contribution >= 4 is 58.3 Å². The lowest BCUT2D eigenvalue weighted by molar-refractivity contribution is -0.124. The lowest BCUT2D eigenvalue weighted by Crippen LogP contribution is -2.28. The minimum Gasteiger partial charge on any atom is -0.452 e. The van der Waals surface area contributed by atoms with Gasteiger partial charge in [0.15, 0.2) is 6.61 Å². The highest BCUT2D eigenvalue weighted by Crippen LogP contribution is 2.31. The van der Waals surface area contributed by atoms with E-state index in [1.54, 1.807) is 18.2 Å². The van der Waals surface area contributed by atoms with Crippen molar-refractivity contribution in [3.8, 4) is 0 Å². The normalized spacial score (nSPS) is 10.3. The molecule has 0 atom stereocenters. The van der Waals surface area contributed by atoms with Gasteiger partial charge in [-0.1, -0.05) is 58.5 Å². The predicted octanol–water partition coefficient (Wildman–Crippen LogP) is 4.77. The van der Waals surface area contributed by atoms with Gasteiger partial charge in [-0.15, -0.1) is 0 Å². The molecule has 0 aliphatic heterocycles. The Morgan fingerprint density at radius 2 is 1.71 bits per heavy atom. The van der Waals surface area contributed by atoms with Crippen LogP contribution < -0.4 is 5.32 Å². The van der Waals surface area contributed by atoms with Gasteiger partial charge in [0.05, 0.1) is 20.6 Å². The van der Waals surface area contributed by atoms with E-state index in [0.717, 1.165) is 5.56 Å². The molecule has 126 valence electrons. The SMILES string of the molecule is O=C(COC(=O)c1c(Cl)ccc(Cl)c1Cl)NCc1cccc(Cl)c1. The van der Waals surface area contributed by atoms with E-state index < -0.39 is 18.5 Å². The molecule has 2 rings (SSSR count). The summed E-state index contributed by atoms with van der Waals surface area (Å²) in [6.07, 6.45) is 0. The summed E-state index contributed by atoms with van der Waals surface area (Å²) in [4.78, 5) is 23.8. The Hall–Kier alpha value is -1.46. The highest BCUT2D eigenvalue weighted by Gasteiger charge is 2.19. The lowest BCUT2D eigenvalue weighted by atomic mass is 10.2. The van der Waals surface area contributed by atoms with E-state index in [9.17, 15) is 9.59 Å². The summed E-state index contributed by atoms with van der Waals surface area (Å²) in [5.74, 6) is -1.30. The lowest BCUT2D eigenvalue weighted by Gasteiger charge is -2.09. The van der Waals surface area contributed by atoms with Crippen molar-refractivity contribution in [2.45, 2.75) is 6.54 Å². The minimum atomic E-state index is -0.828. The van der Waals surface area contributed by atoms with Gasteiger partial charge in [0.1, 0.15) is 0 Å². The van der Waals surface area contributed by atoms with Crippen molar-refractivity contribution in [3.63, 3.8) is 0 Å². The zero-order valence-corrected chi connectivity index (χ0v) is 15.1. The maximum absolute atomic E-state index is 12.0. The van der Waals surface area contributed by atoms with Crippen LogP contribution >= 0.6 is 46.4 Å². The molecule has 0 aliphatic carbocycles. The second-order valence-corrected chi connectivity index (χ2v) is 6.33. The van der Waals surface area contributed by atoms with Gasteiger partial charge in [-0.3, -0.25) is 4.79 Å². The molecule has 2 aromatic rings. The van der Waals surface area contributed by atoms with Gasteiger partial charge >= 0.3 is 5.97 Å². The summed E-state index contributed by atoms with van der Waals surface area (Å²) >= 11 is 23.5. The van der Waals surface area contributed by atoms with Crippen LogP contribution in [0, 0.1) is 0 Å². The Morgan fingerprint density at radius 3 is 2.42 bits per heavy atom. The number of ether oxygens (including phenoxy) is 1. The molecule has 0 spiro atoms. The first-order valence-electron chi connectivity index (χ1n) is 6.70. The molecule has 24 heavy (non-hydrogen) atoms. The molecular weight excluding hydrogens is 396 g/mol. The molecule has 0 unspecified atom stereocenters. The fraction of sp³-hybridized carbons (Fsp3) is 0.125. The van der Waals surface area contributed by atoms with Crippen LogP contribution in [0.15, 0.2) is 36.4 Å². The average Bonchev–Trinajstić information content (AvgIpc) is 2.55. The largest absolute Gasteiger partial charge is 0.452 e. The fourth-order valence-electron chi connectivity index (χ4n) is 1.82. The molecule has 1 N–H and O–H groups in total. The summed E-state index contributed by atoms with van der Waals surface area (Å²) in [5.41, 5.74) is 0.747. The van der Waals surface area contributed by atoms with Crippen LogP contribution in [0.2, 0.25) is 20.1 Å². The molecular formula is C16H11Cl4NO3. The van der Waals surface area contributed by atoms with E-state index in [0.29, 0.717) is 5.02 Å². The number of benzene rings is 2.